The molecule has 3 unspecified atom stereocenters. The van der Waals surface area contributed by atoms with Gasteiger partial charge < -0.3 is 10.1 Å². The van der Waals surface area contributed by atoms with E-state index in [0.717, 1.165) is 5.92 Å². The maximum absolute atomic E-state index is 5.76. The molecule has 0 aliphatic carbocycles. The minimum Gasteiger partial charge on any atom is -0.376 e. The van der Waals surface area contributed by atoms with Crippen molar-refractivity contribution < 1.29 is 4.74 Å². The summed E-state index contributed by atoms with van der Waals surface area (Å²) in [6, 6.07) is 0.642. The third-order valence-electron chi connectivity index (χ3n) is 3.29. The second kappa shape index (κ2) is 5.13. The lowest BCUT2D eigenvalue weighted by Gasteiger charge is -2.38. The molecule has 14 heavy (non-hydrogen) atoms. The van der Waals surface area contributed by atoms with Gasteiger partial charge in [-0.25, -0.2) is 0 Å². The number of hydrogen-bond donors (Lipinski definition) is 1. The molecule has 0 radical (unpaired) electrons. The fraction of sp³-hybridized carbons (Fsp3) is 1.00. The van der Waals surface area contributed by atoms with Crippen LogP contribution in [0.3, 0.4) is 0 Å². The topological polar surface area (TPSA) is 21.3 Å². The SMILES string of the molecule is CNC(C(C)C)C1CC(C)OC(C)C1. The minimum atomic E-state index is 0.429. The molecule has 1 rings (SSSR count). The smallest absolute Gasteiger partial charge is 0.0553 e. The summed E-state index contributed by atoms with van der Waals surface area (Å²) in [7, 11) is 2.08. The number of rotatable bonds is 3. The molecule has 1 saturated heterocycles. The van der Waals surface area contributed by atoms with Crippen molar-refractivity contribution in [3.05, 3.63) is 0 Å². The van der Waals surface area contributed by atoms with Gasteiger partial charge in [-0.3, -0.25) is 0 Å². The third kappa shape index (κ3) is 2.96. The van der Waals surface area contributed by atoms with Crippen molar-refractivity contribution in [2.45, 2.75) is 58.8 Å². The monoisotopic (exact) mass is 199 g/mol. The molecule has 0 amide bonds. The maximum Gasteiger partial charge on any atom is 0.0553 e. The van der Waals surface area contributed by atoms with Gasteiger partial charge in [0.15, 0.2) is 0 Å². The Hall–Kier alpha value is -0.0800. The van der Waals surface area contributed by atoms with Gasteiger partial charge in [0.05, 0.1) is 12.2 Å². The Kier molecular flexibility index (Phi) is 4.39. The van der Waals surface area contributed by atoms with Crippen LogP contribution in [0.25, 0.3) is 0 Å². The first-order chi connectivity index (χ1) is 6.54. The highest BCUT2D eigenvalue weighted by molar-refractivity contribution is 4.84. The molecule has 0 aromatic rings. The maximum atomic E-state index is 5.76. The predicted octanol–water partition coefficient (Wildman–Crippen LogP) is 2.43. The Labute approximate surface area is 88.4 Å². The van der Waals surface area contributed by atoms with Crippen molar-refractivity contribution in [2.75, 3.05) is 7.05 Å². The van der Waals surface area contributed by atoms with Gasteiger partial charge in [-0.2, -0.15) is 0 Å². The quantitative estimate of drug-likeness (QED) is 0.754. The highest BCUT2D eigenvalue weighted by Crippen LogP contribution is 2.29. The first-order valence-corrected chi connectivity index (χ1v) is 5.87. The van der Waals surface area contributed by atoms with Gasteiger partial charge >= 0.3 is 0 Å². The van der Waals surface area contributed by atoms with E-state index in [1.165, 1.54) is 12.8 Å². The molecule has 0 bridgehead atoms. The van der Waals surface area contributed by atoms with Gasteiger partial charge in [0.1, 0.15) is 0 Å². The lowest BCUT2D eigenvalue weighted by Crippen LogP contribution is -2.44. The first kappa shape index (κ1) is 12.0. The van der Waals surface area contributed by atoms with Crippen LogP contribution in [0.5, 0.6) is 0 Å². The Morgan fingerprint density at radius 2 is 1.64 bits per heavy atom. The summed E-state index contributed by atoms with van der Waals surface area (Å²) < 4.78 is 5.76. The molecular weight excluding hydrogens is 174 g/mol. The van der Waals surface area contributed by atoms with Crippen LogP contribution < -0.4 is 5.32 Å². The van der Waals surface area contributed by atoms with Crippen molar-refractivity contribution in [3.8, 4) is 0 Å². The van der Waals surface area contributed by atoms with Crippen molar-refractivity contribution in [1.82, 2.24) is 5.32 Å². The molecule has 3 atom stereocenters. The standard InChI is InChI=1S/C12H25NO/c1-8(2)12(13-5)11-6-9(3)14-10(4)7-11/h8-13H,6-7H2,1-5H3. The summed E-state index contributed by atoms with van der Waals surface area (Å²) in [6.45, 7) is 8.98. The lowest BCUT2D eigenvalue weighted by atomic mass is 9.81. The van der Waals surface area contributed by atoms with E-state index in [1.807, 2.05) is 0 Å². The average molecular weight is 199 g/mol. The molecule has 0 aromatic heterocycles. The summed E-state index contributed by atoms with van der Waals surface area (Å²) in [5, 5.41) is 3.46. The Morgan fingerprint density at radius 3 is 2.00 bits per heavy atom. The Bertz CT molecular complexity index is 160. The van der Waals surface area contributed by atoms with Crippen LogP contribution >= 0.6 is 0 Å². The lowest BCUT2D eigenvalue weighted by molar-refractivity contribution is -0.0613. The summed E-state index contributed by atoms with van der Waals surface area (Å²) in [5.41, 5.74) is 0. The fourth-order valence-electron chi connectivity index (χ4n) is 2.86. The predicted molar refractivity (Wildman–Crippen MR) is 60.4 cm³/mol. The van der Waals surface area contributed by atoms with Gasteiger partial charge in [-0.05, 0) is 45.6 Å². The molecule has 1 aliphatic rings. The summed E-state index contributed by atoms with van der Waals surface area (Å²) >= 11 is 0. The van der Waals surface area contributed by atoms with Crippen LogP contribution in [0.1, 0.15) is 40.5 Å². The van der Waals surface area contributed by atoms with E-state index in [4.69, 9.17) is 4.74 Å². The molecule has 1 heterocycles. The summed E-state index contributed by atoms with van der Waals surface area (Å²) in [6.07, 6.45) is 3.26. The van der Waals surface area contributed by atoms with Gasteiger partial charge in [-0.1, -0.05) is 13.8 Å². The van der Waals surface area contributed by atoms with Crippen molar-refractivity contribution >= 4 is 0 Å². The largest absolute Gasteiger partial charge is 0.376 e. The molecule has 84 valence electrons. The molecule has 0 saturated carbocycles. The molecule has 0 spiro atoms. The molecular formula is C12H25NO. The average Bonchev–Trinajstić information content (AvgIpc) is 2.02. The highest BCUT2D eigenvalue weighted by atomic mass is 16.5. The van der Waals surface area contributed by atoms with E-state index in [9.17, 15) is 0 Å². The van der Waals surface area contributed by atoms with Gasteiger partial charge in [0, 0.05) is 6.04 Å². The van der Waals surface area contributed by atoms with E-state index in [-0.39, 0.29) is 0 Å². The first-order valence-electron chi connectivity index (χ1n) is 5.87. The molecule has 1 fully saturated rings. The van der Waals surface area contributed by atoms with Gasteiger partial charge in [0.25, 0.3) is 0 Å². The molecule has 2 heteroatoms. The van der Waals surface area contributed by atoms with Crippen LogP contribution in [0, 0.1) is 11.8 Å². The summed E-state index contributed by atoms with van der Waals surface area (Å²) in [5.74, 6) is 1.49. The van der Waals surface area contributed by atoms with E-state index >= 15 is 0 Å². The Balaban J connectivity index is 2.56. The van der Waals surface area contributed by atoms with Crippen LogP contribution in [0.4, 0.5) is 0 Å². The molecule has 1 aliphatic heterocycles. The molecule has 1 N–H and O–H groups in total. The van der Waals surface area contributed by atoms with Crippen molar-refractivity contribution in [2.24, 2.45) is 11.8 Å². The zero-order valence-corrected chi connectivity index (χ0v) is 10.2. The van der Waals surface area contributed by atoms with E-state index < -0.39 is 0 Å². The zero-order chi connectivity index (χ0) is 10.7. The van der Waals surface area contributed by atoms with Crippen molar-refractivity contribution in [1.29, 1.82) is 0 Å². The van der Waals surface area contributed by atoms with Crippen LogP contribution in [0.15, 0.2) is 0 Å². The second-order valence-corrected chi connectivity index (χ2v) is 5.05. The molecule has 2 nitrogen and oxygen atoms in total. The van der Waals surface area contributed by atoms with E-state index in [2.05, 4.69) is 40.1 Å². The second-order valence-electron chi connectivity index (χ2n) is 5.05. The van der Waals surface area contributed by atoms with Gasteiger partial charge in [0.2, 0.25) is 0 Å². The number of ether oxygens (including phenoxy) is 1. The van der Waals surface area contributed by atoms with Crippen LogP contribution in [-0.2, 0) is 4.74 Å². The van der Waals surface area contributed by atoms with Gasteiger partial charge in [-0.15, -0.1) is 0 Å². The minimum absolute atomic E-state index is 0.429. The fourth-order valence-corrected chi connectivity index (χ4v) is 2.86. The van der Waals surface area contributed by atoms with E-state index in [0.29, 0.717) is 24.2 Å². The third-order valence-corrected chi connectivity index (χ3v) is 3.29. The van der Waals surface area contributed by atoms with E-state index in [1.54, 1.807) is 0 Å². The summed E-state index contributed by atoms with van der Waals surface area (Å²) in [4.78, 5) is 0. The Morgan fingerprint density at radius 1 is 1.14 bits per heavy atom. The normalized spacial score (nSPS) is 36.0. The zero-order valence-electron chi connectivity index (χ0n) is 10.2. The van der Waals surface area contributed by atoms with Crippen LogP contribution in [-0.4, -0.2) is 25.3 Å². The number of hydrogen-bond acceptors (Lipinski definition) is 2. The highest BCUT2D eigenvalue weighted by Gasteiger charge is 2.30. The number of nitrogens with one attached hydrogen (secondary N) is 1. The molecule has 0 aromatic carbocycles. The van der Waals surface area contributed by atoms with Crippen LogP contribution in [0.2, 0.25) is 0 Å². The van der Waals surface area contributed by atoms with Crippen molar-refractivity contribution in [3.63, 3.8) is 0 Å².